The van der Waals surface area contributed by atoms with Crippen LogP contribution in [0.4, 0.5) is 0 Å². The first-order chi connectivity index (χ1) is 4.99. The van der Waals surface area contributed by atoms with Crippen molar-refractivity contribution < 1.29 is 4.74 Å². The highest BCUT2D eigenvalue weighted by molar-refractivity contribution is 4.77. The molecule has 0 unspecified atom stereocenters. The van der Waals surface area contributed by atoms with Crippen molar-refractivity contribution in [1.82, 2.24) is 0 Å². The Morgan fingerprint density at radius 1 is 1.36 bits per heavy atom. The largest absolute Gasteiger partial charge is 0.378 e. The van der Waals surface area contributed by atoms with Crippen LogP contribution in [-0.4, -0.2) is 12.7 Å². The molecule has 2 atom stereocenters. The van der Waals surface area contributed by atoms with E-state index in [1.807, 2.05) is 0 Å². The van der Waals surface area contributed by atoms with Crippen LogP contribution in [0.15, 0.2) is 0 Å². The van der Waals surface area contributed by atoms with Crippen LogP contribution in [-0.2, 0) is 4.74 Å². The fourth-order valence-corrected chi connectivity index (χ4v) is 1.83. The summed E-state index contributed by atoms with van der Waals surface area (Å²) in [6, 6.07) is 0. The molecule has 1 fully saturated rings. The summed E-state index contributed by atoms with van der Waals surface area (Å²) < 4.78 is 5.51. The summed E-state index contributed by atoms with van der Waals surface area (Å²) in [4.78, 5) is 0. The lowest BCUT2D eigenvalue weighted by Gasteiger charge is -2.24. The van der Waals surface area contributed by atoms with E-state index >= 15 is 0 Å². The van der Waals surface area contributed by atoms with Gasteiger partial charge in [-0.05, 0) is 31.1 Å². The summed E-state index contributed by atoms with van der Waals surface area (Å²) in [7, 11) is 0. The maximum atomic E-state index is 5.51. The Morgan fingerprint density at radius 2 is 2.00 bits per heavy atom. The number of hydrogen-bond donors (Lipinski definition) is 0. The Hall–Kier alpha value is -0.0400. The first-order valence-corrected chi connectivity index (χ1v) is 4.61. The molecule has 1 nitrogen and oxygen atoms in total. The third-order valence-electron chi connectivity index (χ3n) is 2.41. The standard InChI is InChI=1S/C10H20O/c1-8-9(5-6-11-8)7-10(2,3)4/h8-9H,5-7H2,1-4H3/t8-,9-/m0/s1. The molecule has 0 radical (unpaired) electrons. The molecule has 0 aliphatic carbocycles. The molecular weight excluding hydrogens is 136 g/mol. The van der Waals surface area contributed by atoms with Crippen molar-refractivity contribution in [2.24, 2.45) is 11.3 Å². The zero-order valence-electron chi connectivity index (χ0n) is 8.18. The van der Waals surface area contributed by atoms with Gasteiger partial charge in [-0.25, -0.2) is 0 Å². The van der Waals surface area contributed by atoms with Crippen LogP contribution in [0, 0.1) is 11.3 Å². The molecule has 1 rings (SSSR count). The molecular formula is C10H20O. The minimum absolute atomic E-state index is 0.465. The molecule has 1 aliphatic heterocycles. The van der Waals surface area contributed by atoms with Crippen LogP contribution in [0.25, 0.3) is 0 Å². The molecule has 0 aromatic heterocycles. The highest BCUT2D eigenvalue weighted by Gasteiger charge is 2.28. The predicted octanol–water partition coefficient (Wildman–Crippen LogP) is 2.85. The van der Waals surface area contributed by atoms with Crippen molar-refractivity contribution in [3.8, 4) is 0 Å². The molecule has 1 saturated heterocycles. The fraction of sp³-hybridized carbons (Fsp3) is 1.00. The van der Waals surface area contributed by atoms with Gasteiger partial charge >= 0.3 is 0 Å². The summed E-state index contributed by atoms with van der Waals surface area (Å²) in [5, 5.41) is 0. The fourth-order valence-electron chi connectivity index (χ4n) is 1.83. The normalized spacial score (nSPS) is 32.7. The van der Waals surface area contributed by atoms with Gasteiger partial charge in [-0.15, -0.1) is 0 Å². The second-order valence-electron chi connectivity index (χ2n) is 4.89. The molecule has 0 N–H and O–H groups in total. The molecule has 1 aliphatic rings. The Bertz CT molecular complexity index is 123. The number of hydrogen-bond acceptors (Lipinski definition) is 1. The second-order valence-corrected chi connectivity index (χ2v) is 4.89. The monoisotopic (exact) mass is 156 g/mol. The van der Waals surface area contributed by atoms with E-state index in [0.29, 0.717) is 11.5 Å². The quantitative estimate of drug-likeness (QED) is 0.567. The number of ether oxygens (including phenoxy) is 1. The van der Waals surface area contributed by atoms with Gasteiger partial charge in [0.25, 0.3) is 0 Å². The maximum absolute atomic E-state index is 5.51. The third kappa shape index (κ3) is 2.82. The minimum atomic E-state index is 0.465. The minimum Gasteiger partial charge on any atom is -0.378 e. The maximum Gasteiger partial charge on any atom is 0.0576 e. The van der Waals surface area contributed by atoms with E-state index in [4.69, 9.17) is 4.74 Å². The van der Waals surface area contributed by atoms with E-state index in [1.54, 1.807) is 0 Å². The van der Waals surface area contributed by atoms with Crippen LogP contribution in [0.1, 0.15) is 40.5 Å². The van der Waals surface area contributed by atoms with E-state index in [0.717, 1.165) is 12.5 Å². The third-order valence-corrected chi connectivity index (χ3v) is 2.41. The summed E-state index contributed by atoms with van der Waals surface area (Å²) >= 11 is 0. The Kier molecular flexibility index (Phi) is 2.58. The predicted molar refractivity (Wildman–Crippen MR) is 47.6 cm³/mol. The van der Waals surface area contributed by atoms with Crippen molar-refractivity contribution in [1.29, 1.82) is 0 Å². The van der Waals surface area contributed by atoms with Gasteiger partial charge in [0.15, 0.2) is 0 Å². The SMILES string of the molecule is C[C@@H]1OCC[C@H]1CC(C)(C)C. The molecule has 0 aromatic rings. The van der Waals surface area contributed by atoms with Gasteiger partial charge in [0.2, 0.25) is 0 Å². The Labute approximate surface area is 70.1 Å². The van der Waals surface area contributed by atoms with E-state index in [1.165, 1.54) is 12.8 Å². The van der Waals surface area contributed by atoms with Gasteiger partial charge in [0, 0.05) is 6.61 Å². The zero-order valence-corrected chi connectivity index (χ0v) is 8.18. The molecule has 66 valence electrons. The molecule has 0 spiro atoms. The van der Waals surface area contributed by atoms with Gasteiger partial charge in [0.05, 0.1) is 6.10 Å². The van der Waals surface area contributed by atoms with Crippen molar-refractivity contribution in [2.45, 2.75) is 46.6 Å². The van der Waals surface area contributed by atoms with Gasteiger partial charge < -0.3 is 4.74 Å². The molecule has 1 heterocycles. The van der Waals surface area contributed by atoms with E-state index in [2.05, 4.69) is 27.7 Å². The molecule has 1 heteroatoms. The number of rotatable bonds is 1. The van der Waals surface area contributed by atoms with Crippen LogP contribution in [0.3, 0.4) is 0 Å². The lowest BCUT2D eigenvalue weighted by Crippen LogP contribution is -2.18. The average Bonchev–Trinajstić information content (AvgIpc) is 2.12. The van der Waals surface area contributed by atoms with Crippen molar-refractivity contribution >= 4 is 0 Å². The lowest BCUT2D eigenvalue weighted by atomic mass is 9.82. The summed E-state index contributed by atoms with van der Waals surface area (Å²) in [6.45, 7) is 10.1. The first-order valence-electron chi connectivity index (χ1n) is 4.61. The zero-order chi connectivity index (χ0) is 8.48. The van der Waals surface area contributed by atoms with Crippen molar-refractivity contribution in [2.75, 3.05) is 6.61 Å². The Morgan fingerprint density at radius 3 is 2.36 bits per heavy atom. The molecule has 0 bridgehead atoms. The average molecular weight is 156 g/mol. The Balaban J connectivity index is 2.37. The summed E-state index contributed by atoms with van der Waals surface area (Å²) in [5.74, 6) is 0.801. The van der Waals surface area contributed by atoms with Gasteiger partial charge in [-0.1, -0.05) is 20.8 Å². The van der Waals surface area contributed by atoms with Crippen molar-refractivity contribution in [3.63, 3.8) is 0 Å². The smallest absolute Gasteiger partial charge is 0.0576 e. The van der Waals surface area contributed by atoms with E-state index in [-0.39, 0.29) is 0 Å². The molecule has 11 heavy (non-hydrogen) atoms. The van der Waals surface area contributed by atoms with E-state index < -0.39 is 0 Å². The molecule has 0 aromatic carbocycles. The summed E-state index contributed by atoms with van der Waals surface area (Å²) in [6.07, 6.45) is 3.06. The molecule has 0 saturated carbocycles. The van der Waals surface area contributed by atoms with Crippen LogP contribution in [0.5, 0.6) is 0 Å². The van der Waals surface area contributed by atoms with Gasteiger partial charge in [-0.3, -0.25) is 0 Å². The van der Waals surface area contributed by atoms with Gasteiger partial charge in [-0.2, -0.15) is 0 Å². The van der Waals surface area contributed by atoms with Gasteiger partial charge in [0.1, 0.15) is 0 Å². The molecule has 0 amide bonds. The van der Waals surface area contributed by atoms with E-state index in [9.17, 15) is 0 Å². The highest BCUT2D eigenvalue weighted by Crippen LogP contribution is 2.32. The lowest BCUT2D eigenvalue weighted by molar-refractivity contribution is 0.0941. The van der Waals surface area contributed by atoms with Crippen LogP contribution >= 0.6 is 0 Å². The summed E-state index contributed by atoms with van der Waals surface area (Å²) in [5.41, 5.74) is 0.465. The topological polar surface area (TPSA) is 9.23 Å². The van der Waals surface area contributed by atoms with Crippen LogP contribution in [0.2, 0.25) is 0 Å². The first kappa shape index (κ1) is 9.05. The van der Waals surface area contributed by atoms with Crippen molar-refractivity contribution in [3.05, 3.63) is 0 Å². The van der Waals surface area contributed by atoms with Crippen LogP contribution < -0.4 is 0 Å². The highest BCUT2D eigenvalue weighted by atomic mass is 16.5. The second kappa shape index (κ2) is 3.14.